The first-order valence-electron chi connectivity index (χ1n) is 8.84. The van der Waals surface area contributed by atoms with Crippen LogP contribution in [0, 0.1) is 13.8 Å². The van der Waals surface area contributed by atoms with Gasteiger partial charge in [0.1, 0.15) is 11.5 Å². The van der Waals surface area contributed by atoms with Gasteiger partial charge in [0.2, 0.25) is 0 Å². The highest BCUT2D eigenvalue weighted by molar-refractivity contribution is 6.31. The van der Waals surface area contributed by atoms with Gasteiger partial charge >= 0.3 is 5.97 Å². The summed E-state index contributed by atoms with van der Waals surface area (Å²) in [6.45, 7) is 5.47. The standard InChI is InChI=1S/C21H24ClNO5/c1-13-5-7-16(8-6-13)27-10-9-20(24)28-15(3)21(25)23-18-11-14(2)17(22)12-19(18)26-4/h5-8,11-12,15H,9-10H2,1-4H3,(H,23,25)/t15-/m1/s1. The molecule has 7 heteroatoms. The van der Waals surface area contributed by atoms with Crippen molar-refractivity contribution in [2.24, 2.45) is 0 Å². The summed E-state index contributed by atoms with van der Waals surface area (Å²) in [5, 5.41) is 3.22. The van der Waals surface area contributed by atoms with E-state index in [4.69, 9.17) is 25.8 Å². The average molecular weight is 406 g/mol. The minimum absolute atomic E-state index is 0.0366. The quantitative estimate of drug-likeness (QED) is 0.662. The van der Waals surface area contributed by atoms with Crippen LogP contribution in [0.4, 0.5) is 5.69 Å². The van der Waals surface area contributed by atoms with E-state index in [1.807, 2.05) is 38.1 Å². The molecule has 0 aliphatic rings. The highest BCUT2D eigenvalue weighted by Crippen LogP contribution is 2.31. The van der Waals surface area contributed by atoms with Gasteiger partial charge in [0.25, 0.3) is 5.91 Å². The number of benzene rings is 2. The number of aryl methyl sites for hydroxylation is 2. The lowest BCUT2D eigenvalue weighted by Crippen LogP contribution is -2.30. The van der Waals surface area contributed by atoms with E-state index in [1.165, 1.54) is 14.0 Å². The first-order chi connectivity index (χ1) is 13.3. The summed E-state index contributed by atoms with van der Waals surface area (Å²) in [4.78, 5) is 24.3. The molecule has 28 heavy (non-hydrogen) atoms. The molecule has 0 unspecified atom stereocenters. The zero-order valence-corrected chi connectivity index (χ0v) is 17.1. The predicted octanol–water partition coefficient (Wildman–Crippen LogP) is 4.30. The van der Waals surface area contributed by atoms with Gasteiger partial charge < -0.3 is 19.5 Å². The molecule has 150 valence electrons. The highest BCUT2D eigenvalue weighted by atomic mass is 35.5. The van der Waals surface area contributed by atoms with Crippen LogP contribution in [0.15, 0.2) is 36.4 Å². The molecule has 2 rings (SSSR count). The SMILES string of the molecule is COc1cc(Cl)c(C)cc1NC(=O)[C@@H](C)OC(=O)CCOc1ccc(C)cc1. The van der Waals surface area contributed by atoms with Crippen LogP contribution in [-0.2, 0) is 14.3 Å². The number of hydrogen-bond donors (Lipinski definition) is 1. The summed E-state index contributed by atoms with van der Waals surface area (Å²) in [6, 6.07) is 10.8. The molecule has 0 saturated carbocycles. The monoisotopic (exact) mass is 405 g/mol. The van der Waals surface area contributed by atoms with Gasteiger partial charge in [0, 0.05) is 11.1 Å². The maximum absolute atomic E-state index is 12.3. The highest BCUT2D eigenvalue weighted by Gasteiger charge is 2.20. The summed E-state index contributed by atoms with van der Waals surface area (Å²) >= 11 is 6.06. The number of carbonyl (C=O) groups is 2. The lowest BCUT2D eigenvalue weighted by molar-refractivity contribution is -0.153. The Morgan fingerprint density at radius 3 is 2.46 bits per heavy atom. The van der Waals surface area contributed by atoms with Crippen molar-refractivity contribution in [2.45, 2.75) is 33.3 Å². The Labute approximate surface area is 169 Å². The number of carbonyl (C=O) groups excluding carboxylic acids is 2. The minimum atomic E-state index is -0.965. The van der Waals surface area contributed by atoms with E-state index in [-0.39, 0.29) is 13.0 Å². The van der Waals surface area contributed by atoms with Crippen molar-refractivity contribution in [3.8, 4) is 11.5 Å². The van der Waals surface area contributed by atoms with Crippen LogP contribution in [-0.4, -0.2) is 31.7 Å². The van der Waals surface area contributed by atoms with Crippen molar-refractivity contribution in [1.29, 1.82) is 0 Å². The second-order valence-electron chi connectivity index (χ2n) is 6.33. The fourth-order valence-electron chi connectivity index (χ4n) is 2.36. The third-order valence-corrected chi connectivity index (χ3v) is 4.42. The number of anilines is 1. The zero-order valence-electron chi connectivity index (χ0n) is 16.4. The number of methoxy groups -OCH3 is 1. The number of esters is 1. The summed E-state index contributed by atoms with van der Waals surface area (Å²) in [5.41, 5.74) is 2.37. The fourth-order valence-corrected chi connectivity index (χ4v) is 2.51. The molecule has 0 heterocycles. The van der Waals surface area contributed by atoms with Crippen LogP contribution >= 0.6 is 11.6 Å². The molecular weight excluding hydrogens is 382 g/mol. The van der Waals surface area contributed by atoms with Crippen LogP contribution in [0.1, 0.15) is 24.5 Å². The number of halogens is 1. The maximum atomic E-state index is 12.3. The first kappa shape index (κ1) is 21.6. The minimum Gasteiger partial charge on any atom is -0.495 e. The number of amides is 1. The van der Waals surface area contributed by atoms with Crippen LogP contribution in [0.25, 0.3) is 0 Å². The van der Waals surface area contributed by atoms with E-state index < -0.39 is 18.0 Å². The Bertz CT molecular complexity index is 835. The van der Waals surface area contributed by atoms with Gasteiger partial charge in [-0.1, -0.05) is 29.3 Å². The zero-order chi connectivity index (χ0) is 20.7. The van der Waals surface area contributed by atoms with Gasteiger partial charge in [-0.3, -0.25) is 9.59 Å². The van der Waals surface area contributed by atoms with Crippen molar-refractivity contribution in [1.82, 2.24) is 0 Å². The summed E-state index contributed by atoms with van der Waals surface area (Å²) < 4.78 is 15.9. The Morgan fingerprint density at radius 1 is 1.14 bits per heavy atom. The number of rotatable bonds is 8. The van der Waals surface area contributed by atoms with Crippen molar-refractivity contribution < 1.29 is 23.8 Å². The van der Waals surface area contributed by atoms with Gasteiger partial charge in [0.15, 0.2) is 6.10 Å². The Morgan fingerprint density at radius 2 is 1.82 bits per heavy atom. The van der Waals surface area contributed by atoms with Crippen molar-refractivity contribution >= 4 is 29.2 Å². The van der Waals surface area contributed by atoms with Gasteiger partial charge in [-0.05, 0) is 44.5 Å². The van der Waals surface area contributed by atoms with Gasteiger partial charge in [-0.15, -0.1) is 0 Å². The summed E-state index contributed by atoms with van der Waals surface area (Å²) in [5.74, 6) is 0.116. The molecule has 0 aliphatic carbocycles. The Balaban J connectivity index is 1.83. The lowest BCUT2D eigenvalue weighted by atomic mass is 10.2. The van der Waals surface area contributed by atoms with Crippen LogP contribution < -0.4 is 14.8 Å². The maximum Gasteiger partial charge on any atom is 0.310 e. The molecule has 2 aromatic carbocycles. The second kappa shape index (κ2) is 9.99. The largest absolute Gasteiger partial charge is 0.495 e. The summed E-state index contributed by atoms with van der Waals surface area (Å²) in [6.07, 6.45) is -0.929. The Kier molecular flexibility index (Phi) is 7.70. The molecule has 1 amide bonds. The lowest BCUT2D eigenvalue weighted by Gasteiger charge is -2.16. The number of hydrogen-bond acceptors (Lipinski definition) is 5. The van der Waals surface area contributed by atoms with E-state index in [0.717, 1.165) is 11.1 Å². The van der Waals surface area contributed by atoms with E-state index in [2.05, 4.69) is 5.32 Å². The first-order valence-corrected chi connectivity index (χ1v) is 9.22. The predicted molar refractivity (Wildman–Crippen MR) is 108 cm³/mol. The van der Waals surface area contributed by atoms with Gasteiger partial charge in [-0.25, -0.2) is 0 Å². The van der Waals surface area contributed by atoms with Gasteiger partial charge in [-0.2, -0.15) is 0 Å². The van der Waals surface area contributed by atoms with E-state index in [9.17, 15) is 9.59 Å². The smallest absolute Gasteiger partial charge is 0.310 e. The van der Waals surface area contributed by atoms with Crippen LogP contribution in [0.5, 0.6) is 11.5 Å². The van der Waals surface area contributed by atoms with E-state index in [0.29, 0.717) is 22.2 Å². The third-order valence-electron chi connectivity index (χ3n) is 4.01. The molecule has 0 saturated heterocycles. The third kappa shape index (κ3) is 6.16. The normalized spacial score (nSPS) is 11.5. The molecule has 0 aromatic heterocycles. The number of ether oxygens (including phenoxy) is 3. The van der Waals surface area contributed by atoms with Crippen LogP contribution in [0.2, 0.25) is 5.02 Å². The second-order valence-corrected chi connectivity index (χ2v) is 6.74. The van der Waals surface area contributed by atoms with Crippen molar-refractivity contribution in [3.63, 3.8) is 0 Å². The molecule has 0 radical (unpaired) electrons. The fraction of sp³-hybridized carbons (Fsp3) is 0.333. The van der Waals surface area contributed by atoms with E-state index >= 15 is 0 Å². The molecule has 0 spiro atoms. The average Bonchev–Trinajstić information content (AvgIpc) is 2.66. The topological polar surface area (TPSA) is 73.9 Å². The summed E-state index contributed by atoms with van der Waals surface area (Å²) in [7, 11) is 1.48. The molecule has 1 N–H and O–H groups in total. The van der Waals surface area contributed by atoms with Gasteiger partial charge in [0.05, 0.1) is 25.8 Å². The molecular formula is C21H24ClNO5. The number of nitrogens with one attached hydrogen (secondary N) is 1. The molecule has 0 aliphatic heterocycles. The van der Waals surface area contributed by atoms with E-state index in [1.54, 1.807) is 12.1 Å². The molecule has 0 bridgehead atoms. The van der Waals surface area contributed by atoms with Crippen molar-refractivity contribution in [3.05, 3.63) is 52.5 Å². The molecule has 0 fully saturated rings. The molecule has 6 nitrogen and oxygen atoms in total. The molecule has 1 atom stereocenters. The molecule has 2 aromatic rings. The van der Waals surface area contributed by atoms with Crippen LogP contribution in [0.3, 0.4) is 0 Å². The van der Waals surface area contributed by atoms with Crippen molar-refractivity contribution in [2.75, 3.05) is 19.0 Å². The Hall–Kier alpha value is -2.73.